The van der Waals surface area contributed by atoms with Crippen LogP contribution in [0, 0.1) is 17.5 Å². The van der Waals surface area contributed by atoms with E-state index in [2.05, 4.69) is 10.6 Å². The molecule has 6 N–H and O–H groups in total. The highest BCUT2D eigenvalue weighted by atomic mass is 32.2. The number of hydrogen-bond acceptors (Lipinski definition) is 7. The fraction of sp³-hybridized carbons (Fsp3) is 0.632. The highest BCUT2D eigenvalue weighted by Gasteiger charge is 2.37. The number of carbonyl (C=O) groups is 1. The Hall–Kier alpha value is -1.90. The van der Waals surface area contributed by atoms with Crippen molar-refractivity contribution in [3.05, 3.63) is 17.5 Å². The molecule has 0 aromatic heterocycles. The van der Waals surface area contributed by atoms with Gasteiger partial charge >= 0.3 is 0 Å². The first-order valence-corrected chi connectivity index (χ1v) is 13.8. The second-order valence-electron chi connectivity index (χ2n) is 7.91. The van der Waals surface area contributed by atoms with Gasteiger partial charge in [0.25, 0.3) is 0 Å². The normalized spacial score (nSPS) is 16.2. The van der Waals surface area contributed by atoms with Crippen LogP contribution in [0.3, 0.4) is 0 Å². The smallest absolute Gasteiger partial charge is 0.244 e. The summed E-state index contributed by atoms with van der Waals surface area (Å²) < 4.78 is 94.0. The van der Waals surface area contributed by atoms with Crippen LogP contribution in [-0.4, -0.2) is 47.6 Å². The Morgan fingerprint density at radius 2 is 1.45 bits per heavy atom. The number of rotatable bonds is 9. The Labute approximate surface area is 191 Å². The monoisotopic (exact) mass is 514 g/mol. The summed E-state index contributed by atoms with van der Waals surface area (Å²) >= 11 is 0. The van der Waals surface area contributed by atoms with E-state index in [0.29, 0.717) is 12.8 Å². The molecule has 9 nitrogen and oxygen atoms in total. The number of amides is 1. The van der Waals surface area contributed by atoms with Crippen molar-refractivity contribution in [3.8, 4) is 0 Å². The number of sulfone groups is 1. The Morgan fingerprint density at radius 3 is 2.00 bits per heavy atom. The minimum Gasteiger partial charge on any atom is -0.379 e. The summed E-state index contributed by atoms with van der Waals surface area (Å²) in [7, 11) is -9.82. The lowest BCUT2D eigenvalue weighted by molar-refractivity contribution is -0.120. The summed E-state index contributed by atoms with van der Waals surface area (Å²) in [4.78, 5) is 8.65. The molecular weight excluding hydrogens is 485 g/mol. The number of nitrogens with one attached hydrogen (secondary N) is 2. The Morgan fingerprint density at radius 1 is 0.909 bits per heavy atom. The average Bonchev–Trinajstić information content (AvgIpc) is 2.69. The molecule has 1 aliphatic carbocycles. The van der Waals surface area contributed by atoms with Crippen molar-refractivity contribution in [3.63, 3.8) is 0 Å². The second-order valence-corrected chi connectivity index (χ2v) is 11.5. The van der Waals surface area contributed by atoms with Gasteiger partial charge < -0.3 is 16.4 Å². The van der Waals surface area contributed by atoms with Gasteiger partial charge in [-0.2, -0.15) is 0 Å². The Balaban J connectivity index is 2.56. The number of benzene rings is 1. The molecule has 0 aliphatic heterocycles. The zero-order chi connectivity index (χ0) is 24.8. The zero-order valence-electron chi connectivity index (χ0n) is 18.0. The van der Waals surface area contributed by atoms with E-state index in [4.69, 9.17) is 10.9 Å². The highest BCUT2D eigenvalue weighted by Crippen LogP contribution is 2.37. The number of hydrogen-bond donors (Lipinski definition) is 4. The maximum absolute atomic E-state index is 15.2. The maximum atomic E-state index is 15.2. The number of carbonyl (C=O) groups excluding carboxylic acids is 1. The predicted octanol–water partition coefficient (Wildman–Crippen LogP) is 1.51. The molecule has 0 bridgehead atoms. The van der Waals surface area contributed by atoms with E-state index < -0.39 is 76.9 Å². The number of halogens is 3. The van der Waals surface area contributed by atoms with Crippen molar-refractivity contribution in [2.75, 3.05) is 24.2 Å². The summed E-state index contributed by atoms with van der Waals surface area (Å²) in [5.41, 5.74) is 4.25. The Bertz CT molecular complexity index is 1070. The topological polar surface area (TPSA) is 161 Å². The molecule has 1 aromatic rings. The van der Waals surface area contributed by atoms with E-state index in [9.17, 15) is 30.4 Å². The van der Waals surface area contributed by atoms with Gasteiger partial charge in [0.1, 0.15) is 4.90 Å². The SMILES string of the molecule is NCCNC(=O)CCS(=O)(=O)c1c(F)c(F)c(S(N)(=O)=O)c(F)c1NC1CCCCCCC1. The number of primary sulfonamides is 1. The third-order valence-electron chi connectivity index (χ3n) is 5.35. The summed E-state index contributed by atoms with van der Waals surface area (Å²) in [5.74, 6) is -7.79. The molecule has 1 aliphatic rings. The molecule has 0 radical (unpaired) electrons. The second kappa shape index (κ2) is 11.5. The first-order chi connectivity index (χ1) is 15.4. The fourth-order valence-electron chi connectivity index (χ4n) is 3.72. The van der Waals surface area contributed by atoms with Crippen molar-refractivity contribution < 1.29 is 34.8 Å². The minimum atomic E-state index is -5.06. The van der Waals surface area contributed by atoms with Crippen LogP contribution in [0.15, 0.2) is 9.79 Å². The molecule has 0 heterocycles. The highest BCUT2D eigenvalue weighted by molar-refractivity contribution is 7.91. The quantitative estimate of drug-likeness (QED) is 0.363. The van der Waals surface area contributed by atoms with Crippen molar-refractivity contribution in [2.24, 2.45) is 10.9 Å². The van der Waals surface area contributed by atoms with Gasteiger partial charge in [0.05, 0.1) is 11.4 Å². The molecular formula is C19H29F3N4O5S2. The third-order valence-corrected chi connectivity index (χ3v) is 8.03. The molecule has 14 heteroatoms. The maximum Gasteiger partial charge on any atom is 0.244 e. The molecule has 1 saturated carbocycles. The van der Waals surface area contributed by atoms with Crippen molar-refractivity contribution in [1.82, 2.24) is 5.32 Å². The van der Waals surface area contributed by atoms with Crippen LogP contribution >= 0.6 is 0 Å². The van der Waals surface area contributed by atoms with E-state index in [1.54, 1.807) is 0 Å². The number of sulfonamides is 1. The summed E-state index contributed by atoms with van der Waals surface area (Å²) in [6, 6.07) is -0.500. The first kappa shape index (κ1) is 27.3. The molecule has 188 valence electrons. The molecule has 1 amide bonds. The lowest BCUT2D eigenvalue weighted by Crippen LogP contribution is -2.31. The fourth-order valence-corrected chi connectivity index (χ4v) is 5.89. The molecule has 0 saturated heterocycles. The van der Waals surface area contributed by atoms with Gasteiger partial charge in [-0.25, -0.2) is 35.1 Å². The number of anilines is 1. The van der Waals surface area contributed by atoms with Crippen LogP contribution in [0.2, 0.25) is 0 Å². The first-order valence-electron chi connectivity index (χ1n) is 10.6. The standard InChI is InChI=1S/C19H29F3N4O5S2/c20-14-15(21)19(32(28,29)11-8-13(27)25-10-9-23)17(16(22)18(14)33(24,30)31)26-12-6-4-2-1-3-5-7-12/h12,26H,1-11,23H2,(H,25,27)(H2,24,30,31). The largest absolute Gasteiger partial charge is 0.379 e. The molecule has 2 rings (SSSR count). The molecule has 1 fully saturated rings. The van der Waals surface area contributed by atoms with E-state index in [1.165, 1.54) is 0 Å². The van der Waals surface area contributed by atoms with Crippen molar-refractivity contribution in [2.45, 2.75) is 67.2 Å². The van der Waals surface area contributed by atoms with Gasteiger partial charge in [-0.15, -0.1) is 0 Å². The van der Waals surface area contributed by atoms with E-state index >= 15 is 4.39 Å². The molecule has 0 spiro atoms. The molecule has 0 unspecified atom stereocenters. The van der Waals surface area contributed by atoms with Crippen LogP contribution < -0.4 is 21.5 Å². The van der Waals surface area contributed by atoms with Crippen molar-refractivity contribution >= 4 is 31.5 Å². The van der Waals surface area contributed by atoms with Crippen LogP contribution in [-0.2, 0) is 24.7 Å². The van der Waals surface area contributed by atoms with E-state index in [-0.39, 0.29) is 13.1 Å². The molecule has 33 heavy (non-hydrogen) atoms. The summed E-state index contributed by atoms with van der Waals surface area (Å²) in [6.07, 6.45) is 4.61. The third kappa shape index (κ3) is 7.04. The Kier molecular flexibility index (Phi) is 9.52. The molecule has 1 aromatic carbocycles. The van der Waals surface area contributed by atoms with Crippen LogP contribution in [0.25, 0.3) is 0 Å². The van der Waals surface area contributed by atoms with Gasteiger partial charge in [-0.1, -0.05) is 32.1 Å². The van der Waals surface area contributed by atoms with Crippen LogP contribution in [0.1, 0.15) is 51.4 Å². The predicted molar refractivity (Wildman–Crippen MR) is 116 cm³/mol. The van der Waals surface area contributed by atoms with Crippen LogP contribution in [0.4, 0.5) is 18.9 Å². The van der Waals surface area contributed by atoms with E-state index in [1.807, 2.05) is 0 Å². The number of nitrogens with two attached hydrogens (primary N) is 2. The lowest BCUT2D eigenvalue weighted by atomic mass is 9.96. The van der Waals surface area contributed by atoms with Gasteiger partial charge in [-0.3, -0.25) is 4.79 Å². The van der Waals surface area contributed by atoms with Gasteiger partial charge in [-0.05, 0) is 12.8 Å². The molecule has 0 atom stereocenters. The zero-order valence-corrected chi connectivity index (χ0v) is 19.6. The van der Waals surface area contributed by atoms with Gasteiger partial charge in [0.2, 0.25) is 15.9 Å². The lowest BCUT2D eigenvalue weighted by Gasteiger charge is -2.25. The summed E-state index contributed by atoms with van der Waals surface area (Å²) in [5, 5.41) is 9.79. The van der Waals surface area contributed by atoms with Crippen LogP contribution in [0.5, 0.6) is 0 Å². The average molecular weight is 515 g/mol. The van der Waals surface area contributed by atoms with E-state index in [0.717, 1.165) is 32.1 Å². The van der Waals surface area contributed by atoms with Gasteiger partial charge in [0, 0.05) is 25.6 Å². The minimum absolute atomic E-state index is 0.0774. The van der Waals surface area contributed by atoms with Crippen molar-refractivity contribution in [1.29, 1.82) is 0 Å². The summed E-state index contributed by atoms with van der Waals surface area (Å²) in [6.45, 7) is 0.183. The van der Waals surface area contributed by atoms with Gasteiger partial charge in [0.15, 0.2) is 32.2 Å².